The van der Waals surface area contributed by atoms with Crippen molar-refractivity contribution in [3.8, 4) is 0 Å². The van der Waals surface area contributed by atoms with Gasteiger partial charge in [0.2, 0.25) is 5.91 Å². The molecule has 1 aromatic rings. The molecule has 0 aliphatic heterocycles. The number of benzene rings is 1. The second-order valence-corrected chi connectivity index (χ2v) is 7.30. The minimum atomic E-state index is -0.690. The molecule has 8 heteroatoms. The fourth-order valence-corrected chi connectivity index (χ4v) is 2.33. The Morgan fingerprint density at radius 2 is 1.71 bits per heavy atom. The van der Waals surface area contributed by atoms with Crippen molar-refractivity contribution >= 4 is 18.1 Å². The van der Waals surface area contributed by atoms with Gasteiger partial charge in [0.05, 0.1) is 0 Å². The standard InChI is InChI=1S/C20H31N3O5/c1-20(2,3)28-19(26)23-16(17(24)21-4)12-8-9-13-22-18(25)27-14-15-10-6-5-7-11-15/h5-7,10-11,16H,8-9,12-14H2,1-4H3,(H,21,24)(H,22,25)(H,23,26). The normalized spacial score (nSPS) is 11.9. The maximum atomic E-state index is 11.9. The van der Waals surface area contributed by atoms with Gasteiger partial charge in [-0.25, -0.2) is 9.59 Å². The summed E-state index contributed by atoms with van der Waals surface area (Å²) in [6.07, 6.45) is 0.582. The second-order valence-electron chi connectivity index (χ2n) is 7.30. The molecule has 0 aliphatic carbocycles. The third-order valence-electron chi connectivity index (χ3n) is 3.66. The van der Waals surface area contributed by atoms with Crippen LogP contribution in [0.15, 0.2) is 30.3 Å². The zero-order chi connectivity index (χ0) is 21.0. The van der Waals surface area contributed by atoms with Gasteiger partial charge in [-0.15, -0.1) is 0 Å². The van der Waals surface area contributed by atoms with E-state index in [9.17, 15) is 14.4 Å². The first-order valence-electron chi connectivity index (χ1n) is 9.37. The Morgan fingerprint density at radius 1 is 1.04 bits per heavy atom. The largest absolute Gasteiger partial charge is 0.445 e. The molecule has 0 radical (unpaired) electrons. The van der Waals surface area contributed by atoms with Crippen LogP contribution in [0.3, 0.4) is 0 Å². The van der Waals surface area contributed by atoms with Crippen LogP contribution in [-0.2, 0) is 20.9 Å². The summed E-state index contributed by atoms with van der Waals surface area (Å²) in [6.45, 7) is 5.89. The molecule has 0 aromatic heterocycles. The number of ether oxygens (including phenoxy) is 2. The number of amides is 3. The van der Waals surface area contributed by atoms with Crippen molar-refractivity contribution in [1.29, 1.82) is 0 Å². The molecule has 0 saturated heterocycles. The van der Waals surface area contributed by atoms with Crippen molar-refractivity contribution in [2.45, 2.75) is 58.3 Å². The molecule has 0 bridgehead atoms. The third-order valence-corrected chi connectivity index (χ3v) is 3.66. The Labute approximate surface area is 166 Å². The zero-order valence-corrected chi connectivity index (χ0v) is 17.0. The highest BCUT2D eigenvalue weighted by molar-refractivity contribution is 5.85. The number of carbonyl (C=O) groups is 3. The molecule has 0 saturated carbocycles. The molecular formula is C20H31N3O5. The summed E-state index contributed by atoms with van der Waals surface area (Å²) >= 11 is 0. The van der Waals surface area contributed by atoms with Gasteiger partial charge in [0, 0.05) is 13.6 Å². The third kappa shape index (κ3) is 10.4. The highest BCUT2D eigenvalue weighted by atomic mass is 16.6. The Hall–Kier alpha value is -2.77. The molecule has 1 aromatic carbocycles. The topological polar surface area (TPSA) is 106 Å². The molecule has 1 unspecified atom stereocenters. The van der Waals surface area contributed by atoms with E-state index in [1.807, 2.05) is 30.3 Å². The lowest BCUT2D eigenvalue weighted by Gasteiger charge is -2.23. The SMILES string of the molecule is CNC(=O)C(CCCCNC(=O)OCc1ccccc1)NC(=O)OC(C)(C)C. The average molecular weight is 393 g/mol. The van der Waals surface area contributed by atoms with Gasteiger partial charge >= 0.3 is 12.2 Å². The Morgan fingerprint density at radius 3 is 2.32 bits per heavy atom. The van der Waals surface area contributed by atoms with E-state index in [-0.39, 0.29) is 12.5 Å². The maximum Gasteiger partial charge on any atom is 0.408 e. The fourth-order valence-electron chi connectivity index (χ4n) is 2.33. The lowest BCUT2D eigenvalue weighted by atomic mass is 10.1. The molecule has 8 nitrogen and oxygen atoms in total. The van der Waals surface area contributed by atoms with Gasteiger partial charge in [0.1, 0.15) is 18.2 Å². The molecule has 1 atom stereocenters. The molecule has 1 rings (SSSR count). The Balaban J connectivity index is 2.27. The summed E-state index contributed by atoms with van der Waals surface area (Å²) < 4.78 is 10.3. The predicted octanol–water partition coefficient (Wildman–Crippen LogP) is 2.72. The van der Waals surface area contributed by atoms with Crippen LogP contribution < -0.4 is 16.0 Å². The number of rotatable bonds is 9. The Kier molecular flexibility index (Phi) is 9.84. The fraction of sp³-hybridized carbons (Fsp3) is 0.550. The summed E-state index contributed by atoms with van der Waals surface area (Å²) in [7, 11) is 1.51. The summed E-state index contributed by atoms with van der Waals surface area (Å²) in [5, 5.41) is 7.77. The first kappa shape index (κ1) is 23.3. The number of hydrogen-bond acceptors (Lipinski definition) is 5. The number of carbonyl (C=O) groups excluding carboxylic acids is 3. The zero-order valence-electron chi connectivity index (χ0n) is 17.0. The minimum Gasteiger partial charge on any atom is -0.445 e. The van der Waals surface area contributed by atoms with Crippen LogP contribution in [0.5, 0.6) is 0 Å². The average Bonchev–Trinajstić information content (AvgIpc) is 2.63. The van der Waals surface area contributed by atoms with Crippen LogP contribution in [0.4, 0.5) is 9.59 Å². The monoisotopic (exact) mass is 393 g/mol. The summed E-state index contributed by atoms with van der Waals surface area (Å²) in [5.74, 6) is -0.291. The van der Waals surface area contributed by atoms with E-state index in [0.29, 0.717) is 25.8 Å². The van der Waals surface area contributed by atoms with Gasteiger partial charge < -0.3 is 25.4 Å². The van der Waals surface area contributed by atoms with E-state index in [1.54, 1.807) is 20.8 Å². The van der Waals surface area contributed by atoms with Gasteiger partial charge in [-0.1, -0.05) is 30.3 Å². The van der Waals surface area contributed by atoms with Crippen molar-refractivity contribution < 1.29 is 23.9 Å². The van der Waals surface area contributed by atoms with Crippen molar-refractivity contribution in [3.63, 3.8) is 0 Å². The summed E-state index contributed by atoms with van der Waals surface area (Å²) in [6, 6.07) is 8.72. The smallest absolute Gasteiger partial charge is 0.408 e. The highest BCUT2D eigenvalue weighted by Gasteiger charge is 2.23. The molecule has 3 amide bonds. The Bertz CT molecular complexity index is 628. The van der Waals surface area contributed by atoms with Crippen molar-refractivity contribution in [2.75, 3.05) is 13.6 Å². The van der Waals surface area contributed by atoms with E-state index >= 15 is 0 Å². The first-order chi connectivity index (χ1) is 13.2. The van der Waals surface area contributed by atoms with Gasteiger partial charge in [0.15, 0.2) is 0 Å². The minimum absolute atomic E-state index is 0.214. The molecule has 0 heterocycles. The van der Waals surface area contributed by atoms with Crippen LogP contribution in [0.1, 0.15) is 45.6 Å². The molecule has 3 N–H and O–H groups in total. The predicted molar refractivity (Wildman–Crippen MR) is 106 cm³/mol. The van der Waals surface area contributed by atoms with Crippen LogP contribution in [0.2, 0.25) is 0 Å². The van der Waals surface area contributed by atoms with E-state index in [2.05, 4.69) is 16.0 Å². The number of nitrogens with one attached hydrogen (secondary N) is 3. The number of likely N-dealkylation sites (N-methyl/N-ethyl adjacent to an activating group) is 1. The molecule has 156 valence electrons. The van der Waals surface area contributed by atoms with Gasteiger partial charge in [0.25, 0.3) is 0 Å². The van der Waals surface area contributed by atoms with E-state index in [1.165, 1.54) is 7.05 Å². The number of alkyl carbamates (subject to hydrolysis) is 2. The maximum absolute atomic E-state index is 11.9. The second kappa shape index (κ2) is 11.8. The van der Waals surface area contributed by atoms with E-state index in [0.717, 1.165) is 5.56 Å². The molecule has 0 aliphatic rings. The van der Waals surface area contributed by atoms with Crippen molar-refractivity contribution in [3.05, 3.63) is 35.9 Å². The quantitative estimate of drug-likeness (QED) is 0.560. The molecular weight excluding hydrogens is 362 g/mol. The van der Waals surface area contributed by atoms with Crippen molar-refractivity contribution in [1.82, 2.24) is 16.0 Å². The number of unbranched alkanes of at least 4 members (excludes halogenated alkanes) is 1. The van der Waals surface area contributed by atoms with Gasteiger partial charge in [-0.3, -0.25) is 4.79 Å². The van der Waals surface area contributed by atoms with Crippen LogP contribution in [0, 0.1) is 0 Å². The lowest BCUT2D eigenvalue weighted by Crippen LogP contribution is -2.47. The van der Waals surface area contributed by atoms with Crippen molar-refractivity contribution in [2.24, 2.45) is 0 Å². The molecule has 28 heavy (non-hydrogen) atoms. The molecule has 0 fully saturated rings. The van der Waals surface area contributed by atoms with Gasteiger partial charge in [-0.2, -0.15) is 0 Å². The van der Waals surface area contributed by atoms with E-state index in [4.69, 9.17) is 9.47 Å². The highest BCUT2D eigenvalue weighted by Crippen LogP contribution is 2.08. The summed E-state index contributed by atoms with van der Waals surface area (Å²) in [5.41, 5.74) is 0.278. The van der Waals surface area contributed by atoms with Crippen LogP contribution >= 0.6 is 0 Å². The summed E-state index contributed by atoms with van der Waals surface area (Å²) in [4.78, 5) is 35.5. The van der Waals surface area contributed by atoms with Crippen LogP contribution in [-0.4, -0.2) is 43.3 Å². The molecule has 0 spiro atoms. The van der Waals surface area contributed by atoms with E-state index < -0.39 is 23.8 Å². The van der Waals surface area contributed by atoms with Crippen LogP contribution in [0.25, 0.3) is 0 Å². The lowest BCUT2D eigenvalue weighted by molar-refractivity contribution is -0.122. The first-order valence-corrected chi connectivity index (χ1v) is 9.37. The number of hydrogen-bond donors (Lipinski definition) is 3. The van der Waals surface area contributed by atoms with Gasteiger partial charge in [-0.05, 0) is 45.6 Å².